The van der Waals surface area contributed by atoms with Crippen LogP contribution in [0.15, 0.2) is 47.3 Å². The van der Waals surface area contributed by atoms with Crippen LogP contribution in [0.1, 0.15) is 28.4 Å². The van der Waals surface area contributed by atoms with Gasteiger partial charge in [0.2, 0.25) is 0 Å². The van der Waals surface area contributed by atoms with Crippen molar-refractivity contribution in [3.63, 3.8) is 0 Å². The van der Waals surface area contributed by atoms with E-state index >= 15 is 0 Å². The largest absolute Gasteiger partial charge is 0.396 e. The predicted molar refractivity (Wildman–Crippen MR) is 97.0 cm³/mol. The Labute approximate surface area is 149 Å². The first kappa shape index (κ1) is 16.5. The topological polar surface area (TPSA) is 102 Å². The van der Waals surface area contributed by atoms with E-state index in [4.69, 9.17) is 0 Å². The van der Waals surface area contributed by atoms with E-state index < -0.39 is 0 Å². The summed E-state index contributed by atoms with van der Waals surface area (Å²) >= 11 is 0. The summed E-state index contributed by atoms with van der Waals surface area (Å²) in [6.45, 7) is 1.12. The SMILES string of the molecule is O=C(c1ccc2[nH]c(=O)[nH]c2n1)N1CC[C@@H](c2ccccc2)[C@@H](CO)C1. The summed E-state index contributed by atoms with van der Waals surface area (Å²) in [6.07, 6.45) is 0.796. The highest BCUT2D eigenvalue weighted by Crippen LogP contribution is 2.33. The van der Waals surface area contributed by atoms with Gasteiger partial charge in [-0.1, -0.05) is 30.3 Å². The fraction of sp³-hybridized carbons (Fsp3) is 0.316. The number of nitrogens with one attached hydrogen (secondary N) is 2. The van der Waals surface area contributed by atoms with Crippen LogP contribution in [-0.2, 0) is 0 Å². The van der Waals surface area contributed by atoms with Crippen molar-refractivity contribution in [3.05, 3.63) is 64.2 Å². The van der Waals surface area contributed by atoms with Crippen LogP contribution in [0.5, 0.6) is 0 Å². The molecule has 1 amide bonds. The number of aliphatic hydroxyl groups is 1. The molecule has 1 aliphatic rings. The molecule has 2 aromatic heterocycles. The van der Waals surface area contributed by atoms with Gasteiger partial charge in [0.15, 0.2) is 5.65 Å². The molecule has 0 aliphatic carbocycles. The molecule has 1 fully saturated rings. The van der Waals surface area contributed by atoms with E-state index in [0.717, 1.165) is 6.42 Å². The van der Waals surface area contributed by atoms with E-state index in [0.29, 0.717) is 29.9 Å². The van der Waals surface area contributed by atoms with Crippen LogP contribution in [0.4, 0.5) is 0 Å². The highest BCUT2D eigenvalue weighted by atomic mass is 16.3. The second-order valence-corrected chi connectivity index (χ2v) is 6.67. The molecule has 1 saturated heterocycles. The average molecular weight is 352 g/mol. The number of aromatic amines is 2. The Balaban J connectivity index is 1.54. The van der Waals surface area contributed by atoms with Gasteiger partial charge in [0, 0.05) is 25.6 Å². The van der Waals surface area contributed by atoms with Gasteiger partial charge < -0.3 is 15.0 Å². The van der Waals surface area contributed by atoms with Crippen molar-refractivity contribution in [3.8, 4) is 0 Å². The summed E-state index contributed by atoms with van der Waals surface area (Å²) < 4.78 is 0. The van der Waals surface area contributed by atoms with Crippen LogP contribution in [0, 0.1) is 5.92 Å². The summed E-state index contributed by atoms with van der Waals surface area (Å²) in [5.74, 6) is 0.0477. The van der Waals surface area contributed by atoms with E-state index in [-0.39, 0.29) is 30.0 Å². The lowest BCUT2D eigenvalue weighted by Gasteiger charge is -2.38. The quantitative estimate of drug-likeness (QED) is 0.664. The second kappa shape index (κ2) is 6.76. The smallest absolute Gasteiger partial charge is 0.325 e. The summed E-state index contributed by atoms with van der Waals surface area (Å²) in [5, 5.41) is 9.84. The normalized spacial score (nSPS) is 20.4. The van der Waals surface area contributed by atoms with Crippen LogP contribution < -0.4 is 5.69 Å². The van der Waals surface area contributed by atoms with E-state index in [1.54, 1.807) is 17.0 Å². The number of likely N-dealkylation sites (tertiary alicyclic amines) is 1. The number of fused-ring (bicyclic) bond motifs is 1. The minimum atomic E-state index is -0.346. The molecular weight excluding hydrogens is 332 g/mol. The summed E-state index contributed by atoms with van der Waals surface area (Å²) in [4.78, 5) is 35.4. The van der Waals surface area contributed by atoms with Gasteiger partial charge in [-0.15, -0.1) is 0 Å². The van der Waals surface area contributed by atoms with Crippen molar-refractivity contribution in [1.82, 2.24) is 19.9 Å². The zero-order valence-electron chi connectivity index (χ0n) is 14.2. The number of piperidine rings is 1. The standard InChI is InChI=1S/C19H20N4O3/c24-11-13-10-23(9-8-14(13)12-4-2-1-3-5-12)18(25)16-7-6-15-17(20-16)22-19(26)21-15/h1-7,13-14,24H,8-11H2,(H2,20,21,22,26)/t13-,14+/m1/s1. The average Bonchev–Trinajstić information content (AvgIpc) is 3.06. The van der Waals surface area contributed by atoms with Crippen molar-refractivity contribution in [2.45, 2.75) is 12.3 Å². The third-order valence-corrected chi connectivity index (χ3v) is 5.08. The number of hydrogen-bond acceptors (Lipinski definition) is 4. The molecule has 0 spiro atoms. The highest BCUT2D eigenvalue weighted by Gasteiger charge is 2.32. The zero-order valence-corrected chi connectivity index (χ0v) is 14.2. The maximum Gasteiger partial charge on any atom is 0.325 e. The van der Waals surface area contributed by atoms with Gasteiger partial charge in [0.05, 0.1) is 5.52 Å². The number of imidazole rings is 1. The van der Waals surface area contributed by atoms with Crippen molar-refractivity contribution in [2.75, 3.05) is 19.7 Å². The molecule has 3 aromatic rings. The lowest BCUT2D eigenvalue weighted by molar-refractivity contribution is 0.0573. The molecule has 0 unspecified atom stereocenters. The number of benzene rings is 1. The molecule has 7 heteroatoms. The second-order valence-electron chi connectivity index (χ2n) is 6.67. The number of H-pyrrole nitrogens is 2. The Kier molecular flexibility index (Phi) is 4.30. The molecule has 7 nitrogen and oxygen atoms in total. The van der Waals surface area contributed by atoms with Gasteiger partial charge in [-0.05, 0) is 30.0 Å². The number of hydrogen-bond donors (Lipinski definition) is 3. The Morgan fingerprint density at radius 1 is 1.19 bits per heavy atom. The number of carbonyl (C=O) groups is 1. The van der Waals surface area contributed by atoms with Crippen LogP contribution in [-0.4, -0.2) is 50.6 Å². The van der Waals surface area contributed by atoms with Gasteiger partial charge in [-0.2, -0.15) is 0 Å². The fourth-order valence-corrected chi connectivity index (χ4v) is 3.74. The lowest BCUT2D eigenvalue weighted by atomic mass is 9.81. The predicted octanol–water partition coefficient (Wildman–Crippen LogP) is 1.49. The van der Waals surface area contributed by atoms with Gasteiger partial charge in [0.25, 0.3) is 5.91 Å². The van der Waals surface area contributed by atoms with Crippen molar-refractivity contribution < 1.29 is 9.90 Å². The van der Waals surface area contributed by atoms with Crippen LogP contribution in [0.3, 0.4) is 0 Å². The molecule has 4 rings (SSSR count). The van der Waals surface area contributed by atoms with Crippen molar-refractivity contribution in [2.24, 2.45) is 5.92 Å². The fourth-order valence-electron chi connectivity index (χ4n) is 3.74. The molecule has 0 radical (unpaired) electrons. The Morgan fingerprint density at radius 2 is 2.00 bits per heavy atom. The Bertz CT molecular complexity index is 979. The minimum Gasteiger partial charge on any atom is -0.396 e. The van der Waals surface area contributed by atoms with Gasteiger partial charge in [0.1, 0.15) is 5.69 Å². The molecule has 1 aromatic carbocycles. The number of rotatable bonds is 3. The van der Waals surface area contributed by atoms with E-state index in [9.17, 15) is 14.7 Å². The minimum absolute atomic E-state index is 0.00843. The molecule has 1 aliphatic heterocycles. The molecule has 3 N–H and O–H groups in total. The number of amides is 1. The monoisotopic (exact) mass is 352 g/mol. The van der Waals surface area contributed by atoms with Crippen LogP contribution >= 0.6 is 0 Å². The lowest BCUT2D eigenvalue weighted by Crippen LogP contribution is -2.44. The van der Waals surface area contributed by atoms with E-state index in [1.807, 2.05) is 18.2 Å². The molecule has 0 saturated carbocycles. The third kappa shape index (κ3) is 3.01. The maximum absolute atomic E-state index is 12.8. The first-order valence-corrected chi connectivity index (χ1v) is 8.70. The Morgan fingerprint density at radius 3 is 2.77 bits per heavy atom. The maximum atomic E-state index is 12.8. The first-order valence-electron chi connectivity index (χ1n) is 8.70. The third-order valence-electron chi connectivity index (χ3n) is 5.08. The summed E-state index contributed by atoms with van der Waals surface area (Å²) in [6, 6.07) is 13.4. The molecular formula is C19H20N4O3. The number of aliphatic hydroxyl groups excluding tert-OH is 1. The zero-order chi connectivity index (χ0) is 18.1. The van der Waals surface area contributed by atoms with Gasteiger partial charge >= 0.3 is 5.69 Å². The highest BCUT2D eigenvalue weighted by molar-refractivity contribution is 5.94. The van der Waals surface area contributed by atoms with E-state index in [1.165, 1.54) is 5.56 Å². The molecule has 2 atom stereocenters. The summed E-state index contributed by atoms with van der Waals surface area (Å²) in [5.41, 5.74) is 2.09. The number of carbonyl (C=O) groups excluding carboxylic acids is 1. The molecule has 26 heavy (non-hydrogen) atoms. The van der Waals surface area contributed by atoms with Gasteiger partial charge in [-0.3, -0.25) is 9.78 Å². The van der Waals surface area contributed by atoms with Crippen LogP contribution in [0.2, 0.25) is 0 Å². The van der Waals surface area contributed by atoms with Crippen LogP contribution in [0.25, 0.3) is 11.2 Å². The van der Waals surface area contributed by atoms with Gasteiger partial charge in [-0.25, -0.2) is 9.78 Å². The number of pyridine rings is 1. The molecule has 3 heterocycles. The first-order chi connectivity index (χ1) is 12.7. The van der Waals surface area contributed by atoms with Crippen molar-refractivity contribution in [1.29, 1.82) is 0 Å². The van der Waals surface area contributed by atoms with Crippen molar-refractivity contribution >= 4 is 17.1 Å². The molecule has 0 bridgehead atoms. The summed E-state index contributed by atoms with van der Waals surface area (Å²) in [7, 11) is 0. The number of aromatic nitrogens is 3. The number of nitrogens with zero attached hydrogens (tertiary/aromatic N) is 2. The Hall–Kier alpha value is -2.93. The molecule has 134 valence electrons. The van der Waals surface area contributed by atoms with E-state index in [2.05, 4.69) is 27.1 Å².